The molecule has 2 rings (SSSR count). The van der Waals surface area contributed by atoms with Crippen LogP contribution in [0.15, 0.2) is 20.4 Å². The summed E-state index contributed by atoms with van der Waals surface area (Å²) in [7, 11) is -1.88. The Bertz CT molecular complexity index is 677. The number of hydrogen-bond acceptors (Lipinski definition) is 5. The number of aryl methyl sites for hydroxylation is 1. The summed E-state index contributed by atoms with van der Waals surface area (Å²) in [6, 6.07) is 0.916. The third-order valence-corrected chi connectivity index (χ3v) is 6.84. The van der Waals surface area contributed by atoms with Crippen molar-refractivity contribution in [3.05, 3.63) is 27.0 Å². The molecule has 0 aromatic carbocycles. The molecule has 2 heterocycles. The van der Waals surface area contributed by atoms with E-state index in [-0.39, 0.29) is 4.21 Å². The molecule has 0 amide bonds. The molecule has 2 aromatic rings. The molecule has 0 aliphatic carbocycles. The number of nitrogens with one attached hydrogen (secondary N) is 1. The number of halogens is 2. The van der Waals surface area contributed by atoms with Crippen LogP contribution in [0.5, 0.6) is 0 Å². The maximum absolute atomic E-state index is 12.2. The first kappa shape index (κ1) is 14.9. The summed E-state index contributed by atoms with van der Waals surface area (Å²) in [5.41, 5.74) is 0. The Labute approximate surface area is 128 Å². The molecule has 0 saturated heterocycles. The molecule has 0 spiro atoms. The van der Waals surface area contributed by atoms with Crippen LogP contribution in [0.2, 0.25) is 5.02 Å². The second-order valence-corrected chi connectivity index (χ2v) is 8.55. The molecule has 1 unspecified atom stereocenters. The fraction of sp³-hybridized carbons (Fsp3) is 0.333. The lowest BCUT2D eigenvalue weighted by atomic mass is 10.3. The normalized spacial score (nSPS) is 13.7. The third-order valence-electron chi connectivity index (χ3n) is 2.35. The molecule has 19 heavy (non-hydrogen) atoms. The maximum atomic E-state index is 12.2. The highest BCUT2D eigenvalue weighted by molar-refractivity contribution is 9.11. The quantitative estimate of drug-likeness (QED) is 0.876. The van der Waals surface area contributed by atoms with Gasteiger partial charge in [0.15, 0.2) is 0 Å². The summed E-state index contributed by atoms with van der Waals surface area (Å²) in [4.78, 5) is 0. The molecule has 0 radical (unpaired) electrons. The van der Waals surface area contributed by atoms with Gasteiger partial charge in [0.05, 0.1) is 14.9 Å². The van der Waals surface area contributed by atoms with Gasteiger partial charge in [-0.15, -0.1) is 21.5 Å². The van der Waals surface area contributed by atoms with Crippen molar-refractivity contribution in [2.24, 2.45) is 7.05 Å². The Balaban J connectivity index is 2.25. The van der Waals surface area contributed by atoms with Crippen molar-refractivity contribution in [3.8, 4) is 0 Å². The average Bonchev–Trinajstić information content (AvgIpc) is 2.86. The monoisotopic (exact) mass is 384 g/mol. The summed E-state index contributed by atoms with van der Waals surface area (Å²) in [6.07, 6.45) is 1.51. The number of hydrogen-bond donors (Lipinski definition) is 1. The average molecular weight is 386 g/mol. The molecule has 0 bridgehead atoms. The predicted molar refractivity (Wildman–Crippen MR) is 76.8 cm³/mol. The highest BCUT2D eigenvalue weighted by atomic mass is 79.9. The van der Waals surface area contributed by atoms with Crippen molar-refractivity contribution in [1.82, 2.24) is 19.5 Å². The smallest absolute Gasteiger partial charge is 0.250 e. The molecule has 1 N–H and O–H groups in total. The zero-order chi connectivity index (χ0) is 14.2. The summed E-state index contributed by atoms with van der Waals surface area (Å²) in [5.74, 6) is 0.533. The van der Waals surface area contributed by atoms with Crippen LogP contribution >= 0.6 is 38.9 Å². The van der Waals surface area contributed by atoms with Crippen LogP contribution in [0, 0.1) is 0 Å². The lowest BCUT2D eigenvalue weighted by Crippen LogP contribution is -2.28. The Kier molecular flexibility index (Phi) is 4.31. The molecular weight excluding hydrogens is 376 g/mol. The molecule has 1 atom stereocenters. The summed E-state index contributed by atoms with van der Waals surface area (Å²) in [5, 5.41) is 7.96. The van der Waals surface area contributed by atoms with E-state index in [1.54, 1.807) is 18.5 Å². The second kappa shape index (κ2) is 5.49. The predicted octanol–water partition coefficient (Wildman–Crippen LogP) is 2.33. The SMILES string of the molecule is CC(NS(=O)(=O)c1cc(Cl)c(Br)s1)c1nncn1C. The number of aromatic nitrogens is 3. The summed E-state index contributed by atoms with van der Waals surface area (Å²) >= 11 is 10.1. The number of sulfonamides is 1. The van der Waals surface area contributed by atoms with Crippen LogP contribution in [0.25, 0.3) is 0 Å². The van der Waals surface area contributed by atoms with Crippen molar-refractivity contribution in [3.63, 3.8) is 0 Å². The first-order valence-electron chi connectivity index (χ1n) is 5.12. The van der Waals surface area contributed by atoms with Crippen LogP contribution in [-0.2, 0) is 17.1 Å². The van der Waals surface area contributed by atoms with E-state index in [0.717, 1.165) is 11.3 Å². The zero-order valence-electron chi connectivity index (χ0n) is 9.96. The summed E-state index contributed by atoms with van der Waals surface area (Å²) in [6.45, 7) is 1.70. The fourth-order valence-corrected chi connectivity index (χ4v) is 5.10. The van der Waals surface area contributed by atoms with Gasteiger partial charge < -0.3 is 4.57 Å². The molecule has 0 fully saturated rings. The molecule has 104 valence electrons. The molecule has 0 aliphatic heterocycles. The first-order valence-corrected chi connectivity index (χ1v) is 8.59. The van der Waals surface area contributed by atoms with Gasteiger partial charge in [0.1, 0.15) is 16.4 Å². The van der Waals surface area contributed by atoms with Gasteiger partial charge in [-0.1, -0.05) is 11.6 Å². The highest BCUT2D eigenvalue weighted by Crippen LogP contribution is 2.34. The fourth-order valence-electron chi connectivity index (χ4n) is 1.49. The van der Waals surface area contributed by atoms with Crippen LogP contribution in [0.3, 0.4) is 0 Å². The van der Waals surface area contributed by atoms with Crippen molar-refractivity contribution < 1.29 is 8.42 Å². The molecule has 0 saturated carbocycles. The first-order chi connectivity index (χ1) is 8.81. The molecule has 0 aliphatic rings. The van der Waals surface area contributed by atoms with Gasteiger partial charge in [-0.2, -0.15) is 0 Å². The Morgan fingerprint density at radius 2 is 2.26 bits per heavy atom. The minimum absolute atomic E-state index is 0.151. The maximum Gasteiger partial charge on any atom is 0.250 e. The minimum Gasteiger partial charge on any atom is -0.319 e. The van der Waals surface area contributed by atoms with E-state index in [1.807, 2.05) is 0 Å². The zero-order valence-corrected chi connectivity index (χ0v) is 13.9. The van der Waals surface area contributed by atoms with Gasteiger partial charge in [-0.05, 0) is 28.9 Å². The van der Waals surface area contributed by atoms with E-state index < -0.39 is 16.1 Å². The number of rotatable bonds is 4. The third kappa shape index (κ3) is 3.16. The molecular formula is C9H10BrClN4O2S2. The van der Waals surface area contributed by atoms with E-state index in [2.05, 4.69) is 30.8 Å². The molecule has 2 aromatic heterocycles. The van der Waals surface area contributed by atoms with Gasteiger partial charge in [-0.3, -0.25) is 0 Å². The van der Waals surface area contributed by atoms with Gasteiger partial charge >= 0.3 is 0 Å². The highest BCUT2D eigenvalue weighted by Gasteiger charge is 2.23. The number of thiophene rings is 1. The van der Waals surface area contributed by atoms with Crippen LogP contribution in [0.4, 0.5) is 0 Å². The van der Waals surface area contributed by atoms with Crippen LogP contribution < -0.4 is 4.72 Å². The summed E-state index contributed by atoms with van der Waals surface area (Å²) < 4.78 is 29.3. The van der Waals surface area contributed by atoms with Gasteiger partial charge in [0.25, 0.3) is 10.0 Å². The van der Waals surface area contributed by atoms with Gasteiger partial charge in [0, 0.05) is 7.05 Å². The van der Waals surface area contributed by atoms with Crippen molar-refractivity contribution in [1.29, 1.82) is 0 Å². The Hall–Kier alpha value is -0.480. The minimum atomic E-state index is -3.63. The number of nitrogens with zero attached hydrogens (tertiary/aromatic N) is 3. The lowest BCUT2D eigenvalue weighted by Gasteiger charge is -2.12. The Morgan fingerprint density at radius 1 is 1.58 bits per heavy atom. The largest absolute Gasteiger partial charge is 0.319 e. The van der Waals surface area contributed by atoms with Crippen molar-refractivity contribution in [2.45, 2.75) is 17.2 Å². The van der Waals surface area contributed by atoms with Gasteiger partial charge in [0.2, 0.25) is 0 Å². The van der Waals surface area contributed by atoms with E-state index in [1.165, 1.54) is 12.4 Å². The van der Waals surface area contributed by atoms with Crippen LogP contribution in [-0.4, -0.2) is 23.2 Å². The van der Waals surface area contributed by atoms with E-state index >= 15 is 0 Å². The van der Waals surface area contributed by atoms with Crippen LogP contribution in [0.1, 0.15) is 18.8 Å². The van der Waals surface area contributed by atoms with Crippen molar-refractivity contribution >= 4 is 48.9 Å². The second-order valence-electron chi connectivity index (χ2n) is 3.83. The Morgan fingerprint density at radius 3 is 2.74 bits per heavy atom. The van der Waals surface area contributed by atoms with E-state index in [9.17, 15) is 8.42 Å². The van der Waals surface area contributed by atoms with Crippen molar-refractivity contribution in [2.75, 3.05) is 0 Å². The van der Waals surface area contributed by atoms with E-state index in [0.29, 0.717) is 14.6 Å². The van der Waals surface area contributed by atoms with Gasteiger partial charge in [-0.25, -0.2) is 13.1 Å². The molecule has 6 nitrogen and oxygen atoms in total. The topological polar surface area (TPSA) is 76.9 Å². The molecule has 10 heteroatoms. The van der Waals surface area contributed by atoms with E-state index in [4.69, 9.17) is 11.6 Å². The lowest BCUT2D eigenvalue weighted by molar-refractivity contribution is 0.555. The standard InChI is InChI=1S/C9H10BrClN4O2S2/c1-5(9-13-12-4-15(9)2)14-19(16,17)7-3-6(11)8(10)18-7/h3-5,14H,1-2H3.